The van der Waals surface area contributed by atoms with Gasteiger partial charge in [-0.1, -0.05) is 29.7 Å². The number of halogens is 1. The molecule has 4 nitrogen and oxygen atoms in total. The van der Waals surface area contributed by atoms with E-state index in [4.69, 9.17) is 16.1 Å². The molecule has 0 saturated heterocycles. The van der Waals surface area contributed by atoms with Gasteiger partial charge < -0.3 is 9.84 Å². The minimum Gasteiger partial charge on any atom is -0.334 e. The smallest absolute Gasteiger partial charge is 0.258 e. The maximum atomic E-state index is 6.05. The molecule has 0 unspecified atom stereocenters. The van der Waals surface area contributed by atoms with Crippen LogP contribution in [-0.4, -0.2) is 16.7 Å². The fourth-order valence-electron chi connectivity index (χ4n) is 1.41. The van der Waals surface area contributed by atoms with Gasteiger partial charge in [0.05, 0.1) is 6.54 Å². The van der Waals surface area contributed by atoms with E-state index in [0.29, 0.717) is 23.3 Å². The highest BCUT2D eigenvalue weighted by Crippen LogP contribution is 2.23. The lowest BCUT2D eigenvalue weighted by molar-refractivity contribution is 0.420. The van der Waals surface area contributed by atoms with Crippen LogP contribution in [0.1, 0.15) is 18.3 Å². The number of hydrogen-bond acceptors (Lipinski definition) is 4. The maximum absolute atomic E-state index is 6.05. The van der Waals surface area contributed by atoms with Crippen molar-refractivity contribution in [1.82, 2.24) is 15.5 Å². The molecule has 0 saturated carbocycles. The monoisotopic (exact) mass is 251 g/mol. The van der Waals surface area contributed by atoms with E-state index in [1.54, 1.807) is 0 Å². The van der Waals surface area contributed by atoms with E-state index in [2.05, 4.69) is 15.5 Å². The third-order valence-electron chi connectivity index (χ3n) is 2.42. The van der Waals surface area contributed by atoms with E-state index >= 15 is 0 Å². The molecule has 0 aliphatic rings. The van der Waals surface area contributed by atoms with E-state index in [-0.39, 0.29) is 0 Å². The Labute approximate surface area is 105 Å². The van der Waals surface area contributed by atoms with Gasteiger partial charge in [0.25, 0.3) is 5.89 Å². The van der Waals surface area contributed by atoms with Crippen molar-refractivity contribution in [3.63, 3.8) is 0 Å². The molecule has 0 atom stereocenters. The first kappa shape index (κ1) is 12.1. The summed E-state index contributed by atoms with van der Waals surface area (Å²) in [7, 11) is 0. The number of rotatable bonds is 4. The maximum Gasteiger partial charge on any atom is 0.258 e. The summed E-state index contributed by atoms with van der Waals surface area (Å²) in [6.45, 7) is 5.47. The van der Waals surface area contributed by atoms with Crippen LogP contribution in [0, 0.1) is 6.92 Å². The SMILES string of the molecule is CCNCc1noc(-c2ccc(C)c(Cl)c2)n1. The largest absolute Gasteiger partial charge is 0.334 e. The third-order valence-corrected chi connectivity index (χ3v) is 2.83. The highest BCUT2D eigenvalue weighted by Gasteiger charge is 2.09. The van der Waals surface area contributed by atoms with Gasteiger partial charge in [-0.2, -0.15) is 4.98 Å². The van der Waals surface area contributed by atoms with Gasteiger partial charge in [0.1, 0.15) is 0 Å². The molecule has 2 aromatic rings. The minimum atomic E-state index is 0.500. The molecule has 0 spiro atoms. The van der Waals surface area contributed by atoms with Crippen LogP contribution in [0.2, 0.25) is 5.02 Å². The number of nitrogens with one attached hydrogen (secondary N) is 1. The molecule has 2 rings (SSSR count). The first-order chi connectivity index (χ1) is 8.20. The predicted molar refractivity (Wildman–Crippen MR) is 66.9 cm³/mol. The number of hydrogen-bond donors (Lipinski definition) is 1. The fourth-order valence-corrected chi connectivity index (χ4v) is 1.59. The van der Waals surface area contributed by atoms with Gasteiger partial charge in [0.15, 0.2) is 5.82 Å². The molecule has 1 aromatic carbocycles. The molecule has 17 heavy (non-hydrogen) atoms. The molecule has 1 heterocycles. The van der Waals surface area contributed by atoms with Crippen molar-refractivity contribution in [2.24, 2.45) is 0 Å². The van der Waals surface area contributed by atoms with E-state index < -0.39 is 0 Å². The Hall–Kier alpha value is -1.39. The van der Waals surface area contributed by atoms with Crippen molar-refractivity contribution < 1.29 is 4.52 Å². The molecule has 0 aliphatic heterocycles. The van der Waals surface area contributed by atoms with Crippen LogP contribution >= 0.6 is 11.6 Å². The van der Waals surface area contributed by atoms with E-state index in [0.717, 1.165) is 17.7 Å². The summed E-state index contributed by atoms with van der Waals surface area (Å²) in [5, 5.41) is 7.73. The number of nitrogens with zero attached hydrogens (tertiary/aromatic N) is 2. The van der Waals surface area contributed by atoms with Crippen molar-refractivity contribution in [1.29, 1.82) is 0 Å². The van der Waals surface area contributed by atoms with Gasteiger partial charge in [-0.05, 0) is 31.2 Å². The summed E-state index contributed by atoms with van der Waals surface area (Å²) in [6.07, 6.45) is 0. The van der Waals surface area contributed by atoms with E-state index in [1.165, 1.54) is 0 Å². The zero-order chi connectivity index (χ0) is 12.3. The zero-order valence-electron chi connectivity index (χ0n) is 9.83. The van der Waals surface area contributed by atoms with Crippen LogP contribution in [0.4, 0.5) is 0 Å². The van der Waals surface area contributed by atoms with Gasteiger partial charge in [-0.15, -0.1) is 0 Å². The lowest BCUT2D eigenvalue weighted by Crippen LogP contribution is -2.12. The molecular weight excluding hydrogens is 238 g/mol. The van der Waals surface area contributed by atoms with Crippen molar-refractivity contribution >= 4 is 11.6 Å². The van der Waals surface area contributed by atoms with Crippen molar-refractivity contribution in [2.75, 3.05) is 6.54 Å². The number of aromatic nitrogens is 2. The lowest BCUT2D eigenvalue weighted by Gasteiger charge is -1.98. The molecule has 0 fully saturated rings. The average molecular weight is 252 g/mol. The summed E-state index contributed by atoms with van der Waals surface area (Å²) < 4.78 is 5.18. The molecule has 5 heteroatoms. The normalized spacial score (nSPS) is 10.8. The Morgan fingerprint density at radius 3 is 2.94 bits per heavy atom. The fraction of sp³-hybridized carbons (Fsp3) is 0.333. The first-order valence-corrected chi connectivity index (χ1v) is 5.88. The highest BCUT2D eigenvalue weighted by atomic mass is 35.5. The van der Waals surface area contributed by atoms with Crippen LogP contribution in [0.15, 0.2) is 22.7 Å². The Balaban J connectivity index is 2.21. The summed E-state index contributed by atoms with van der Waals surface area (Å²) in [4.78, 5) is 4.29. The van der Waals surface area contributed by atoms with Crippen LogP contribution in [0.25, 0.3) is 11.5 Å². The van der Waals surface area contributed by atoms with Crippen molar-refractivity contribution in [3.8, 4) is 11.5 Å². The summed E-state index contributed by atoms with van der Waals surface area (Å²) in [5.41, 5.74) is 1.87. The minimum absolute atomic E-state index is 0.500. The number of aryl methyl sites for hydroxylation is 1. The lowest BCUT2D eigenvalue weighted by atomic mass is 10.1. The Kier molecular flexibility index (Phi) is 3.76. The second-order valence-electron chi connectivity index (χ2n) is 3.76. The van der Waals surface area contributed by atoms with Crippen LogP contribution in [-0.2, 0) is 6.54 Å². The Morgan fingerprint density at radius 1 is 1.41 bits per heavy atom. The predicted octanol–water partition coefficient (Wildman–Crippen LogP) is 2.81. The topological polar surface area (TPSA) is 51.0 Å². The quantitative estimate of drug-likeness (QED) is 0.908. The van der Waals surface area contributed by atoms with Gasteiger partial charge in [0.2, 0.25) is 0 Å². The second kappa shape index (κ2) is 5.29. The molecule has 0 amide bonds. The third kappa shape index (κ3) is 2.84. The van der Waals surface area contributed by atoms with E-state index in [1.807, 2.05) is 32.0 Å². The summed E-state index contributed by atoms with van der Waals surface area (Å²) in [5.74, 6) is 1.15. The van der Waals surface area contributed by atoms with Crippen LogP contribution in [0.3, 0.4) is 0 Å². The molecular formula is C12H14ClN3O. The van der Waals surface area contributed by atoms with Gasteiger partial charge in [0, 0.05) is 10.6 Å². The van der Waals surface area contributed by atoms with Gasteiger partial charge in [-0.25, -0.2) is 0 Å². The molecule has 90 valence electrons. The second-order valence-corrected chi connectivity index (χ2v) is 4.17. The van der Waals surface area contributed by atoms with Gasteiger partial charge in [-0.3, -0.25) is 0 Å². The number of benzene rings is 1. The summed E-state index contributed by atoms with van der Waals surface area (Å²) in [6, 6.07) is 5.69. The van der Waals surface area contributed by atoms with Crippen LogP contribution in [0.5, 0.6) is 0 Å². The summed E-state index contributed by atoms with van der Waals surface area (Å²) >= 11 is 6.05. The molecule has 0 radical (unpaired) electrons. The van der Waals surface area contributed by atoms with Crippen molar-refractivity contribution in [3.05, 3.63) is 34.6 Å². The van der Waals surface area contributed by atoms with E-state index in [9.17, 15) is 0 Å². The first-order valence-electron chi connectivity index (χ1n) is 5.50. The molecule has 1 N–H and O–H groups in total. The zero-order valence-corrected chi connectivity index (χ0v) is 10.6. The van der Waals surface area contributed by atoms with Gasteiger partial charge >= 0.3 is 0 Å². The Bertz CT molecular complexity index is 510. The molecule has 0 aliphatic carbocycles. The Morgan fingerprint density at radius 2 is 2.24 bits per heavy atom. The molecule has 0 bridgehead atoms. The average Bonchev–Trinajstić information content (AvgIpc) is 2.79. The van der Waals surface area contributed by atoms with Crippen LogP contribution < -0.4 is 5.32 Å². The van der Waals surface area contributed by atoms with Crippen molar-refractivity contribution in [2.45, 2.75) is 20.4 Å². The highest BCUT2D eigenvalue weighted by molar-refractivity contribution is 6.31. The molecule has 1 aromatic heterocycles. The standard InChI is InChI=1S/C12H14ClN3O/c1-3-14-7-11-15-12(17-16-11)9-5-4-8(2)10(13)6-9/h4-6,14H,3,7H2,1-2H3.